The summed E-state index contributed by atoms with van der Waals surface area (Å²) in [5.74, 6) is 1.40. The number of hydrogen-bond donors (Lipinski definition) is 1. The lowest BCUT2D eigenvalue weighted by atomic mass is 10.3. The highest BCUT2D eigenvalue weighted by Gasteiger charge is 2.05. The van der Waals surface area contributed by atoms with E-state index in [1.54, 1.807) is 0 Å². The summed E-state index contributed by atoms with van der Waals surface area (Å²) in [4.78, 5) is 11.4. The van der Waals surface area contributed by atoms with Crippen LogP contribution >= 0.6 is 11.6 Å². The highest BCUT2D eigenvalue weighted by molar-refractivity contribution is 6.17. The molecule has 1 amide bonds. The zero-order valence-corrected chi connectivity index (χ0v) is 10.7. The van der Waals surface area contributed by atoms with Gasteiger partial charge in [-0.1, -0.05) is 6.07 Å². The fourth-order valence-electron chi connectivity index (χ4n) is 1.69. The second kappa shape index (κ2) is 6.35. The van der Waals surface area contributed by atoms with Crippen molar-refractivity contribution >= 4 is 23.2 Å². The number of pyridine rings is 1. The molecule has 0 atom stereocenters. The number of halogens is 1. The topological polar surface area (TPSA) is 59.3 Å². The van der Waals surface area contributed by atoms with Crippen molar-refractivity contribution in [3.05, 3.63) is 30.2 Å². The fraction of sp³-hybridized carbons (Fsp3) is 0.417. The first kappa shape index (κ1) is 12.8. The lowest BCUT2D eigenvalue weighted by Crippen LogP contribution is -2.25. The fourth-order valence-corrected chi connectivity index (χ4v) is 1.82. The highest BCUT2D eigenvalue weighted by atomic mass is 35.5. The highest BCUT2D eigenvalue weighted by Crippen LogP contribution is 2.02. The summed E-state index contributed by atoms with van der Waals surface area (Å²) in [6.45, 7) is 0.566. The summed E-state index contributed by atoms with van der Waals surface area (Å²) in [7, 11) is 0. The lowest BCUT2D eigenvalue weighted by molar-refractivity contribution is -0.121. The normalized spacial score (nSPS) is 10.7. The summed E-state index contributed by atoms with van der Waals surface area (Å²) in [5, 5.41) is 11.0. The molecule has 0 spiro atoms. The van der Waals surface area contributed by atoms with Gasteiger partial charge in [0.1, 0.15) is 5.82 Å². The van der Waals surface area contributed by atoms with Crippen molar-refractivity contribution in [1.82, 2.24) is 19.9 Å². The molecule has 2 aromatic heterocycles. The molecule has 5 nitrogen and oxygen atoms in total. The molecule has 0 bridgehead atoms. The third-order valence-corrected chi connectivity index (χ3v) is 2.86. The van der Waals surface area contributed by atoms with E-state index in [-0.39, 0.29) is 5.91 Å². The third kappa shape index (κ3) is 3.20. The van der Waals surface area contributed by atoms with E-state index in [1.165, 1.54) is 0 Å². The smallest absolute Gasteiger partial charge is 0.220 e. The Morgan fingerprint density at radius 2 is 2.28 bits per heavy atom. The largest absolute Gasteiger partial charge is 0.356 e. The Morgan fingerprint density at radius 1 is 1.39 bits per heavy atom. The Morgan fingerprint density at radius 3 is 3.11 bits per heavy atom. The Balaban J connectivity index is 1.85. The summed E-state index contributed by atoms with van der Waals surface area (Å²) in [6, 6.07) is 5.75. The van der Waals surface area contributed by atoms with Crippen LogP contribution in [0.25, 0.3) is 5.65 Å². The van der Waals surface area contributed by atoms with Gasteiger partial charge >= 0.3 is 0 Å². The maximum atomic E-state index is 11.4. The van der Waals surface area contributed by atoms with E-state index < -0.39 is 0 Å². The zero-order chi connectivity index (χ0) is 12.8. The first-order chi connectivity index (χ1) is 8.81. The van der Waals surface area contributed by atoms with Crippen molar-refractivity contribution < 1.29 is 4.79 Å². The minimum absolute atomic E-state index is 0.0319. The van der Waals surface area contributed by atoms with Gasteiger partial charge in [-0.25, -0.2) is 0 Å². The molecule has 2 rings (SSSR count). The van der Waals surface area contributed by atoms with Gasteiger partial charge in [0.15, 0.2) is 5.65 Å². The van der Waals surface area contributed by atoms with Crippen molar-refractivity contribution in [2.24, 2.45) is 0 Å². The molecule has 0 fully saturated rings. The van der Waals surface area contributed by atoms with E-state index >= 15 is 0 Å². The van der Waals surface area contributed by atoms with E-state index in [2.05, 4.69) is 15.5 Å². The standard InChI is InChI=1S/C12H15ClN4O/c13-7-3-5-12(18)14-8-6-11-16-15-10-4-1-2-9-17(10)11/h1-2,4,9H,3,5-8H2,(H,14,18). The van der Waals surface area contributed by atoms with Crippen LogP contribution in [0.3, 0.4) is 0 Å². The van der Waals surface area contributed by atoms with Gasteiger partial charge in [-0.2, -0.15) is 0 Å². The summed E-state index contributed by atoms with van der Waals surface area (Å²) < 4.78 is 1.92. The van der Waals surface area contributed by atoms with E-state index in [9.17, 15) is 4.79 Å². The maximum absolute atomic E-state index is 11.4. The molecule has 6 heteroatoms. The third-order valence-electron chi connectivity index (χ3n) is 2.59. The van der Waals surface area contributed by atoms with Gasteiger partial charge in [-0.3, -0.25) is 9.20 Å². The van der Waals surface area contributed by atoms with Gasteiger partial charge in [0.2, 0.25) is 5.91 Å². The molecule has 0 saturated carbocycles. The Kier molecular flexibility index (Phi) is 4.52. The van der Waals surface area contributed by atoms with Crippen molar-refractivity contribution in [3.63, 3.8) is 0 Å². The molecule has 0 aliphatic carbocycles. The number of carbonyl (C=O) groups is 1. The van der Waals surface area contributed by atoms with Crippen molar-refractivity contribution in [3.8, 4) is 0 Å². The number of fused-ring (bicyclic) bond motifs is 1. The molecule has 0 aliphatic rings. The molecule has 0 aromatic carbocycles. The van der Waals surface area contributed by atoms with Crippen LogP contribution in [0.2, 0.25) is 0 Å². The van der Waals surface area contributed by atoms with Gasteiger partial charge in [-0.05, 0) is 18.6 Å². The predicted octanol–water partition coefficient (Wildman–Crippen LogP) is 1.41. The molecule has 2 aromatic rings. The minimum Gasteiger partial charge on any atom is -0.356 e. The first-order valence-electron chi connectivity index (χ1n) is 5.92. The number of alkyl halides is 1. The number of rotatable bonds is 6. The van der Waals surface area contributed by atoms with Crippen LogP contribution in [-0.2, 0) is 11.2 Å². The number of hydrogen-bond acceptors (Lipinski definition) is 3. The molecule has 96 valence electrons. The van der Waals surface area contributed by atoms with Crippen LogP contribution < -0.4 is 5.32 Å². The summed E-state index contributed by atoms with van der Waals surface area (Å²) in [6.07, 6.45) is 3.77. The minimum atomic E-state index is 0.0319. The molecule has 2 heterocycles. The predicted molar refractivity (Wildman–Crippen MR) is 69.7 cm³/mol. The average Bonchev–Trinajstić information content (AvgIpc) is 2.80. The Bertz CT molecular complexity index is 526. The van der Waals surface area contributed by atoms with Crippen molar-refractivity contribution in [2.75, 3.05) is 12.4 Å². The van der Waals surface area contributed by atoms with Crippen LogP contribution in [0.5, 0.6) is 0 Å². The van der Waals surface area contributed by atoms with E-state index in [1.807, 2.05) is 28.8 Å². The van der Waals surface area contributed by atoms with Crippen LogP contribution in [0.15, 0.2) is 24.4 Å². The number of carbonyl (C=O) groups excluding carboxylic acids is 1. The quantitative estimate of drug-likeness (QED) is 0.804. The Labute approximate surface area is 110 Å². The van der Waals surface area contributed by atoms with Gasteiger partial charge in [-0.15, -0.1) is 21.8 Å². The lowest BCUT2D eigenvalue weighted by Gasteiger charge is -2.03. The van der Waals surface area contributed by atoms with Gasteiger partial charge in [0.25, 0.3) is 0 Å². The van der Waals surface area contributed by atoms with Crippen molar-refractivity contribution in [2.45, 2.75) is 19.3 Å². The van der Waals surface area contributed by atoms with Gasteiger partial charge < -0.3 is 5.32 Å². The van der Waals surface area contributed by atoms with Crippen LogP contribution in [0, 0.1) is 0 Å². The SMILES string of the molecule is O=C(CCCCl)NCCc1nnc2ccccn12. The van der Waals surface area contributed by atoms with Crippen molar-refractivity contribution in [1.29, 1.82) is 0 Å². The maximum Gasteiger partial charge on any atom is 0.220 e. The average molecular weight is 267 g/mol. The first-order valence-corrected chi connectivity index (χ1v) is 6.46. The number of aromatic nitrogens is 3. The van der Waals surface area contributed by atoms with Crippen LogP contribution in [-0.4, -0.2) is 32.9 Å². The van der Waals surface area contributed by atoms with E-state index in [0.717, 1.165) is 11.5 Å². The molecular formula is C12H15ClN4O. The Hall–Kier alpha value is -1.62. The monoisotopic (exact) mass is 266 g/mol. The molecule has 18 heavy (non-hydrogen) atoms. The number of nitrogens with zero attached hydrogens (tertiary/aromatic N) is 3. The second-order valence-electron chi connectivity index (χ2n) is 3.94. The van der Waals surface area contributed by atoms with E-state index in [4.69, 9.17) is 11.6 Å². The van der Waals surface area contributed by atoms with Gasteiger partial charge in [0, 0.05) is 31.5 Å². The summed E-state index contributed by atoms with van der Waals surface area (Å²) in [5.41, 5.74) is 0.820. The van der Waals surface area contributed by atoms with Crippen LogP contribution in [0.1, 0.15) is 18.7 Å². The molecular weight excluding hydrogens is 252 g/mol. The molecule has 0 aliphatic heterocycles. The number of amides is 1. The van der Waals surface area contributed by atoms with Gasteiger partial charge in [0.05, 0.1) is 0 Å². The van der Waals surface area contributed by atoms with Crippen LogP contribution in [0.4, 0.5) is 0 Å². The number of nitrogens with one attached hydrogen (secondary N) is 1. The molecule has 0 saturated heterocycles. The second-order valence-corrected chi connectivity index (χ2v) is 4.32. The molecule has 1 N–H and O–H groups in total. The summed E-state index contributed by atoms with van der Waals surface area (Å²) >= 11 is 5.52. The zero-order valence-electron chi connectivity index (χ0n) is 9.97. The van der Waals surface area contributed by atoms with E-state index in [0.29, 0.717) is 31.7 Å². The molecule has 0 radical (unpaired) electrons. The molecule has 0 unspecified atom stereocenters.